The molecule has 6 heteroatoms. The van der Waals surface area contributed by atoms with Gasteiger partial charge in [-0.1, -0.05) is 47.5 Å². The quantitative estimate of drug-likeness (QED) is 0.794. The van der Waals surface area contributed by atoms with Crippen LogP contribution in [-0.2, 0) is 13.0 Å². The molecule has 0 aliphatic heterocycles. The summed E-state index contributed by atoms with van der Waals surface area (Å²) in [7, 11) is 0. The molecule has 0 fully saturated rings. The predicted molar refractivity (Wildman–Crippen MR) is 81.2 cm³/mol. The van der Waals surface area contributed by atoms with Gasteiger partial charge in [-0.3, -0.25) is 4.79 Å². The van der Waals surface area contributed by atoms with Crippen LogP contribution in [0.15, 0.2) is 30.3 Å². The van der Waals surface area contributed by atoms with E-state index in [4.69, 9.17) is 28.9 Å². The molecule has 2 rings (SSSR count). The topological polar surface area (TPSA) is 70.9 Å². The van der Waals surface area contributed by atoms with Crippen molar-refractivity contribution in [3.05, 3.63) is 57.3 Å². The zero-order valence-electron chi connectivity index (χ0n) is 10.7. The monoisotopic (exact) mass is 311 g/mol. The third kappa shape index (κ3) is 3.76. The van der Waals surface area contributed by atoms with Crippen LogP contribution in [0.2, 0.25) is 10.2 Å². The zero-order valence-corrected chi connectivity index (χ0v) is 12.3. The van der Waals surface area contributed by atoms with Gasteiger partial charge in [0, 0.05) is 6.54 Å². The minimum Gasteiger partial charge on any atom is -0.347 e. The maximum Gasteiger partial charge on any atom is 0.268 e. The molecule has 106 valence electrons. The van der Waals surface area contributed by atoms with E-state index in [1.54, 1.807) is 0 Å². The van der Waals surface area contributed by atoms with Gasteiger partial charge in [0.25, 0.3) is 5.91 Å². The van der Waals surface area contributed by atoms with E-state index in [1.807, 2.05) is 24.3 Å². The van der Waals surface area contributed by atoms with Crippen LogP contribution in [0.4, 0.5) is 0 Å². The SMILES string of the molecule is NCCc1ccc(CNC(=O)c2cc(Cl)c(Cl)[nH]2)cc1. The lowest BCUT2D eigenvalue weighted by Gasteiger charge is -2.05. The number of nitrogens with two attached hydrogens (primary N) is 1. The summed E-state index contributed by atoms with van der Waals surface area (Å²) in [5, 5.41) is 3.40. The lowest BCUT2D eigenvalue weighted by molar-refractivity contribution is 0.0946. The molecule has 1 aromatic heterocycles. The second kappa shape index (κ2) is 6.79. The van der Waals surface area contributed by atoms with Gasteiger partial charge in [-0.2, -0.15) is 0 Å². The van der Waals surface area contributed by atoms with Gasteiger partial charge in [0.15, 0.2) is 0 Å². The van der Waals surface area contributed by atoms with E-state index in [0.29, 0.717) is 23.8 Å². The maximum absolute atomic E-state index is 11.9. The number of hydrogen-bond donors (Lipinski definition) is 3. The number of halogens is 2. The summed E-state index contributed by atoms with van der Waals surface area (Å²) < 4.78 is 0. The second-order valence-electron chi connectivity index (χ2n) is 4.38. The molecule has 4 N–H and O–H groups in total. The molecule has 1 heterocycles. The smallest absolute Gasteiger partial charge is 0.268 e. The van der Waals surface area contributed by atoms with Crippen molar-refractivity contribution < 1.29 is 4.79 Å². The molecule has 0 unspecified atom stereocenters. The molecule has 0 saturated carbocycles. The van der Waals surface area contributed by atoms with Crippen molar-refractivity contribution in [2.45, 2.75) is 13.0 Å². The minimum atomic E-state index is -0.246. The Morgan fingerprint density at radius 3 is 2.40 bits per heavy atom. The first kappa shape index (κ1) is 14.9. The molecule has 0 aliphatic carbocycles. The molecule has 1 aromatic carbocycles. The van der Waals surface area contributed by atoms with Gasteiger partial charge in [0.2, 0.25) is 0 Å². The first-order chi connectivity index (χ1) is 9.60. The molecule has 1 amide bonds. The van der Waals surface area contributed by atoms with Crippen molar-refractivity contribution in [3.8, 4) is 0 Å². The van der Waals surface area contributed by atoms with E-state index in [2.05, 4.69) is 10.3 Å². The Kier molecular flexibility index (Phi) is 5.06. The molecule has 0 saturated heterocycles. The highest BCUT2D eigenvalue weighted by atomic mass is 35.5. The van der Waals surface area contributed by atoms with E-state index in [9.17, 15) is 4.79 Å². The van der Waals surface area contributed by atoms with Crippen molar-refractivity contribution in [1.82, 2.24) is 10.3 Å². The normalized spacial score (nSPS) is 10.6. The summed E-state index contributed by atoms with van der Waals surface area (Å²) in [5.41, 5.74) is 8.04. The average molecular weight is 312 g/mol. The lowest BCUT2D eigenvalue weighted by Crippen LogP contribution is -2.23. The van der Waals surface area contributed by atoms with Gasteiger partial charge in [0.1, 0.15) is 10.8 Å². The lowest BCUT2D eigenvalue weighted by atomic mass is 10.1. The van der Waals surface area contributed by atoms with Gasteiger partial charge < -0.3 is 16.0 Å². The van der Waals surface area contributed by atoms with E-state index in [1.165, 1.54) is 11.6 Å². The number of aromatic amines is 1. The molecule has 20 heavy (non-hydrogen) atoms. The number of nitrogens with one attached hydrogen (secondary N) is 2. The summed E-state index contributed by atoms with van der Waals surface area (Å²) in [6.45, 7) is 1.07. The molecular formula is C14H15Cl2N3O. The Morgan fingerprint density at radius 2 is 1.85 bits per heavy atom. The van der Waals surface area contributed by atoms with Crippen molar-refractivity contribution in [2.75, 3.05) is 6.54 Å². The van der Waals surface area contributed by atoms with Crippen LogP contribution in [-0.4, -0.2) is 17.4 Å². The number of aromatic nitrogens is 1. The third-order valence-electron chi connectivity index (χ3n) is 2.88. The highest BCUT2D eigenvalue weighted by Crippen LogP contribution is 2.21. The third-order valence-corrected chi connectivity index (χ3v) is 3.57. The van der Waals surface area contributed by atoms with Crippen LogP contribution in [0, 0.1) is 0 Å². The number of hydrogen-bond acceptors (Lipinski definition) is 2. The highest BCUT2D eigenvalue weighted by Gasteiger charge is 2.11. The number of carbonyl (C=O) groups excluding carboxylic acids is 1. The van der Waals surface area contributed by atoms with E-state index < -0.39 is 0 Å². The fraction of sp³-hybridized carbons (Fsp3) is 0.214. The molecule has 2 aromatic rings. The van der Waals surface area contributed by atoms with Gasteiger partial charge in [-0.05, 0) is 30.2 Å². The molecule has 0 spiro atoms. The Labute approximate surface area is 127 Å². The number of H-pyrrole nitrogens is 1. The molecular weight excluding hydrogens is 297 g/mol. The van der Waals surface area contributed by atoms with Crippen LogP contribution in [0.25, 0.3) is 0 Å². The Balaban J connectivity index is 1.92. The standard InChI is InChI=1S/C14H15Cl2N3O/c15-11-7-12(19-13(11)16)14(20)18-8-10-3-1-9(2-4-10)5-6-17/h1-4,7,19H,5-6,8,17H2,(H,18,20). The van der Waals surface area contributed by atoms with Crippen LogP contribution in [0.3, 0.4) is 0 Å². The summed E-state index contributed by atoms with van der Waals surface area (Å²) in [6, 6.07) is 9.47. The first-order valence-electron chi connectivity index (χ1n) is 6.20. The van der Waals surface area contributed by atoms with Crippen LogP contribution < -0.4 is 11.1 Å². The van der Waals surface area contributed by atoms with Crippen molar-refractivity contribution in [3.63, 3.8) is 0 Å². The minimum absolute atomic E-state index is 0.246. The molecule has 0 atom stereocenters. The van der Waals surface area contributed by atoms with Crippen LogP contribution in [0.1, 0.15) is 21.6 Å². The number of carbonyl (C=O) groups is 1. The second-order valence-corrected chi connectivity index (χ2v) is 5.17. The van der Waals surface area contributed by atoms with E-state index >= 15 is 0 Å². The van der Waals surface area contributed by atoms with E-state index in [-0.39, 0.29) is 11.1 Å². The predicted octanol–water partition coefficient (Wildman–Crippen LogP) is 2.75. The Bertz CT molecular complexity index is 573. The first-order valence-corrected chi connectivity index (χ1v) is 6.96. The number of benzene rings is 1. The number of amides is 1. The fourth-order valence-electron chi connectivity index (χ4n) is 1.79. The van der Waals surface area contributed by atoms with E-state index in [0.717, 1.165) is 12.0 Å². The summed E-state index contributed by atoms with van der Waals surface area (Å²) >= 11 is 11.5. The van der Waals surface area contributed by atoms with Crippen molar-refractivity contribution in [2.24, 2.45) is 5.73 Å². The zero-order chi connectivity index (χ0) is 14.5. The van der Waals surface area contributed by atoms with Gasteiger partial charge in [0.05, 0.1) is 5.02 Å². The Morgan fingerprint density at radius 1 is 1.20 bits per heavy atom. The highest BCUT2D eigenvalue weighted by molar-refractivity contribution is 6.41. The summed E-state index contributed by atoms with van der Waals surface area (Å²) in [5.74, 6) is -0.246. The van der Waals surface area contributed by atoms with Crippen molar-refractivity contribution >= 4 is 29.1 Å². The van der Waals surface area contributed by atoms with Crippen LogP contribution >= 0.6 is 23.2 Å². The van der Waals surface area contributed by atoms with Gasteiger partial charge >= 0.3 is 0 Å². The van der Waals surface area contributed by atoms with Gasteiger partial charge in [-0.15, -0.1) is 0 Å². The molecule has 4 nitrogen and oxygen atoms in total. The molecule has 0 radical (unpaired) electrons. The maximum atomic E-state index is 11.9. The largest absolute Gasteiger partial charge is 0.347 e. The average Bonchev–Trinajstić information content (AvgIpc) is 2.78. The Hall–Kier alpha value is -1.49. The molecule has 0 bridgehead atoms. The molecule has 0 aliphatic rings. The van der Waals surface area contributed by atoms with Gasteiger partial charge in [-0.25, -0.2) is 0 Å². The van der Waals surface area contributed by atoms with Crippen molar-refractivity contribution in [1.29, 1.82) is 0 Å². The van der Waals surface area contributed by atoms with Crippen LogP contribution in [0.5, 0.6) is 0 Å². The fourth-order valence-corrected chi connectivity index (χ4v) is 2.11. The summed E-state index contributed by atoms with van der Waals surface area (Å²) in [4.78, 5) is 14.6. The number of rotatable bonds is 5. The summed E-state index contributed by atoms with van der Waals surface area (Å²) in [6.07, 6.45) is 0.853.